The molecule has 0 unspecified atom stereocenters. The Morgan fingerprint density at radius 2 is 1.97 bits per heavy atom. The molecule has 1 N–H and O–H groups in total. The van der Waals surface area contributed by atoms with Crippen LogP contribution in [0.15, 0.2) is 39.8 Å². The van der Waals surface area contributed by atoms with Crippen LogP contribution < -0.4 is 5.32 Å². The molecule has 1 amide bonds. The second-order valence-electron chi connectivity index (χ2n) is 7.46. The van der Waals surface area contributed by atoms with Crippen molar-refractivity contribution in [3.05, 3.63) is 47.3 Å². The van der Waals surface area contributed by atoms with Crippen LogP contribution in [0.3, 0.4) is 0 Å². The Hall–Kier alpha value is -2.28. The Morgan fingerprint density at radius 1 is 1.24 bits per heavy atom. The lowest BCUT2D eigenvalue weighted by atomic mass is 10.1. The van der Waals surface area contributed by atoms with Crippen LogP contribution in [-0.2, 0) is 15.3 Å². The second kappa shape index (κ2) is 10.5. The highest BCUT2D eigenvalue weighted by Gasteiger charge is 2.23. The first-order chi connectivity index (χ1) is 14.0. The van der Waals surface area contributed by atoms with Gasteiger partial charge in [0.1, 0.15) is 5.76 Å². The number of carbonyl (C=O) groups is 2. The van der Waals surface area contributed by atoms with E-state index in [0.717, 1.165) is 42.0 Å². The van der Waals surface area contributed by atoms with E-state index in [9.17, 15) is 9.59 Å². The number of aromatic nitrogens is 1. The van der Waals surface area contributed by atoms with Crippen molar-refractivity contribution < 1.29 is 18.8 Å². The van der Waals surface area contributed by atoms with Gasteiger partial charge in [0, 0.05) is 22.8 Å². The van der Waals surface area contributed by atoms with Crippen LogP contribution in [-0.4, -0.2) is 29.2 Å². The standard InChI is InChI=1S/C22H28N2O4S/c1-15-13-18(24-28-15)14-29-20-12-8-7-11-19(20)22(26)27-16(2)21(25)23-17-9-5-3-4-6-10-17/h7-8,11-13,16-17H,3-6,9-10,14H2,1-2H3,(H,23,25)/t16-/m0/s1. The van der Waals surface area contributed by atoms with Crippen molar-refractivity contribution in [3.63, 3.8) is 0 Å². The number of aryl methyl sites for hydroxylation is 1. The van der Waals surface area contributed by atoms with E-state index >= 15 is 0 Å². The third kappa shape index (κ3) is 6.35. The molecule has 1 aliphatic carbocycles. The summed E-state index contributed by atoms with van der Waals surface area (Å²) in [5.74, 6) is 0.613. The summed E-state index contributed by atoms with van der Waals surface area (Å²) in [5.41, 5.74) is 1.26. The van der Waals surface area contributed by atoms with Crippen LogP contribution in [0, 0.1) is 6.92 Å². The van der Waals surface area contributed by atoms with Crippen molar-refractivity contribution >= 4 is 23.6 Å². The van der Waals surface area contributed by atoms with Crippen molar-refractivity contribution in [2.24, 2.45) is 0 Å². The molecule has 2 aromatic rings. The number of hydrogen-bond acceptors (Lipinski definition) is 6. The average Bonchev–Trinajstić information content (AvgIpc) is 2.96. The fourth-order valence-electron chi connectivity index (χ4n) is 3.42. The largest absolute Gasteiger partial charge is 0.449 e. The first-order valence-electron chi connectivity index (χ1n) is 10.2. The van der Waals surface area contributed by atoms with E-state index in [1.807, 2.05) is 25.1 Å². The van der Waals surface area contributed by atoms with Crippen LogP contribution in [0.2, 0.25) is 0 Å². The maximum Gasteiger partial charge on any atom is 0.340 e. The number of amides is 1. The topological polar surface area (TPSA) is 81.4 Å². The Kier molecular flexibility index (Phi) is 7.75. The quantitative estimate of drug-likeness (QED) is 0.402. The highest BCUT2D eigenvalue weighted by Crippen LogP contribution is 2.27. The van der Waals surface area contributed by atoms with Gasteiger partial charge in [-0.15, -0.1) is 11.8 Å². The van der Waals surface area contributed by atoms with E-state index < -0.39 is 12.1 Å². The minimum atomic E-state index is -0.831. The van der Waals surface area contributed by atoms with Crippen molar-refractivity contribution in [2.75, 3.05) is 0 Å². The summed E-state index contributed by atoms with van der Waals surface area (Å²) in [6.45, 7) is 3.46. The molecule has 1 aromatic heterocycles. The molecule has 1 heterocycles. The number of nitrogens with one attached hydrogen (secondary N) is 1. The first-order valence-corrected chi connectivity index (χ1v) is 11.2. The zero-order valence-corrected chi connectivity index (χ0v) is 17.8. The second-order valence-corrected chi connectivity index (χ2v) is 8.48. The third-order valence-electron chi connectivity index (χ3n) is 5.01. The fourth-order valence-corrected chi connectivity index (χ4v) is 4.34. The van der Waals surface area contributed by atoms with E-state index in [1.54, 1.807) is 19.1 Å². The van der Waals surface area contributed by atoms with Crippen molar-refractivity contribution in [2.45, 2.75) is 75.2 Å². The lowest BCUT2D eigenvalue weighted by Gasteiger charge is -2.20. The summed E-state index contributed by atoms with van der Waals surface area (Å²) in [7, 11) is 0. The molecule has 29 heavy (non-hydrogen) atoms. The lowest BCUT2D eigenvalue weighted by molar-refractivity contribution is -0.129. The van der Waals surface area contributed by atoms with Crippen LogP contribution in [0.5, 0.6) is 0 Å². The Morgan fingerprint density at radius 3 is 2.66 bits per heavy atom. The Labute approximate surface area is 175 Å². The van der Waals surface area contributed by atoms with E-state index in [2.05, 4.69) is 10.5 Å². The zero-order valence-electron chi connectivity index (χ0n) is 17.0. The van der Waals surface area contributed by atoms with E-state index in [4.69, 9.17) is 9.26 Å². The molecule has 1 aromatic carbocycles. The van der Waals surface area contributed by atoms with E-state index in [1.165, 1.54) is 24.6 Å². The molecule has 1 atom stereocenters. The lowest BCUT2D eigenvalue weighted by Crippen LogP contribution is -2.41. The molecule has 0 spiro atoms. The number of esters is 1. The van der Waals surface area contributed by atoms with Gasteiger partial charge >= 0.3 is 5.97 Å². The molecule has 1 saturated carbocycles. The van der Waals surface area contributed by atoms with Gasteiger partial charge in [-0.25, -0.2) is 4.79 Å². The number of rotatable bonds is 7. The number of thioether (sulfide) groups is 1. The maximum absolute atomic E-state index is 12.7. The molecular formula is C22H28N2O4S. The SMILES string of the molecule is Cc1cc(CSc2ccccc2C(=O)O[C@@H](C)C(=O)NC2CCCCCC2)no1. The highest BCUT2D eigenvalue weighted by atomic mass is 32.2. The summed E-state index contributed by atoms with van der Waals surface area (Å²) in [6, 6.07) is 9.29. The van der Waals surface area contributed by atoms with Crippen LogP contribution in [0.4, 0.5) is 0 Å². The predicted octanol–water partition coefficient (Wildman–Crippen LogP) is 4.66. The molecule has 156 valence electrons. The number of carbonyl (C=O) groups excluding carboxylic acids is 2. The van der Waals surface area contributed by atoms with Gasteiger partial charge in [0.15, 0.2) is 6.10 Å². The van der Waals surface area contributed by atoms with Gasteiger partial charge in [0.2, 0.25) is 0 Å². The Balaban J connectivity index is 1.57. The van der Waals surface area contributed by atoms with Gasteiger partial charge in [0.05, 0.1) is 11.3 Å². The van der Waals surface area contributed by atoms with E-state index in [0.29, 0.717) is 11.3 Å². The number of ether oxygens (including phenoxy) is 1. The molecule has 7 heteroatoms. The number of nitrogens with zero attached hydrogens (tertiary/aromatic N) is 1. The van der Waals surface area contributed by atoms with Crippen LogP contribution in [0.25, 0.3) is 0 Å². The molecule has 1 aliphatic rings. The minimum Gasteiger partial charge on any atom is -0.449 e. The van der Waals surface area contributed by atoms with Gasteiger partial charge in [-0.2, -0.15) is 0 Å². The van der Waals surface area contributed by atoms with E-state index in [-0.39, 0.29) is 11.9 Å². The number of benzene rings is 1. The van der Waals surface area contributed by atoms with Gasteiger partial charge in [-0.1, -0.05) is 43.0 Å². The third-order valence-corrected chi connectivity index (χ3v) is 6.12. The van der Waals surface area contributed by atoms with Crippen molar-refractivity contribution in [3.8, 4) is 0 Å². The fraction of sp³-hybridized carbons (Fsp3) is 0.500. The molecule has 0 saturated heterocycles. The van der Waals surface area contributed by atoms with Gasteiger partial charge in [0.25, 0.3) is 5.91 Å². The van der Waals surface area contributed by atoms with Crippen LogP contribution in [0.1, 0.15) is 67.3 Å². The monoisotopic (exact) mass is 416 g/mol. The summed E-state index contributed by atoms with van der Waals surface area (Å²) in [4.78, 5) is 26.0. The van der Waals surface area contributed by atoms with Crippen molar-refractivity contribution in [1.29, 1.82) is 0 Å². The summed E-state index contributed by atoms with van der Waals surface area (Å²) in [6.07, 6.45) is 5.87. The molecule has 3 rings (SSSR count). The number of hydrogen-bond donors (Lipinski definition) is 1. The van der Waals surface area contributed by atoms with Gasteiger partial charge < -0.3 is 14.6 Å². The maximum atomic E-state index is 12.7. The summed E-state index contributed by atoms with van der Waals surface area (Å²) in [5, 5.41) is 7.01. The zero-order chi connectivity index (χ0) is 20.6. The summed E-state index contributed by atoms with van der Waals surface area (Å²) >= 11 is 1.48. The molecule has 0 radical (unpaired) electrons. The smallest absolute Gasteiger partial charge is 0.340 e. The average molecular weight is 417 g/mol. The Bertz CT molecular complexity index is 828. The molecule has 0 bridgehead atoms. The predicted molar refractivity (Wildman–Crippen MR) is 112 cm³/mol. The molecule has 6 nitrogen and oxygen atoms in total. The summed E-state index contributed by atoms with van der Waals surface area (Å²) < 4.78 is 10.5. The van der Waals surface area contributed by atoms with Gasteiger partial charge in [-0.3, -0.25) is 4.79 Å². The highest BCUT2D eigenvalue weighted by molar-refractivity contribution is 7.98. The van der Waals surface area contributed by atoms with Crippen LogP contribution >= 0.6 is 11.8 Å². The van der Waals surface area contributed by atoms with Crippen molar-refractivity contribution in [1.82, 2.24) is 10.5 Å². The first kappa shape index (κ1) is 21.4. The minimum absolute atomic E-state index is 0.180. The van der Waals surface area contributed by atoms with Gasteiger partial charge in [-0.05, 0) is 38.8 Å². The normalized spacial score (nSPS) is 16.1. The molecule has 1 fully saturated rings. The molecular weight excluding hydrogens is 388 g/mol. The molecule has 0 aliphatic heterocycles.